The third-order valence-electron chi connectivity index (χ3n) is 2.86. The molecule has 1 heterocycles. The number of rotatable bonds is 1. The highest BCUT2D eigenvalue weighted by Crippen LogP contribution is 2.35. The first kappa shape index (κ1) is 14.4. The maximum absolute atomic E-state index is 12.2. The molecule has 2 rings (SSSR count). The summed E-state index contributed by atoms with van der Waals surface area (Å²) in [5, 5.41) is 3.56. The third kappa shape index (κ3) is 2.96. The summed E-state index contributed by atoms with van der Waals surface area (Å²) in [5.41, 5.74) is 0.462. The van der Waals surface area contributed by atoms with Crippen LogP contribution in [0.1, 0.15) is 13.3 Å². The summed E-state index contributed by atoms with van der Waals surface area (Å²) in [6.45, 7) is 1.89. The molecular weight excluding hydrogens is 311 g/mol. The van der Waals surface area contributed by atoms with Crippen molar-refractivity contribution in [2.24, 2.45) is 0 Å². The zero-order chi connectivity index (χ0) is 14.2. The number of halogens is 3. The molecule has 1 N–H and O–H groups in total. The van der Waals surface area contributed by atoms with Crippen molar-refractivity contribution in [3.8, 4) is 0 Å². The largest absolute Gasteiger partial charge is 0.345 e. The van der Waals surface area contributed by atoms with E-state index in [0.29, 0.717) is 20.8 Å². The van der Waals surface area contributed by atoms with Gasteiger partial charge in [-0.3, -0.25) is 9.59 Å². The van der Waals surface area contributed by atoms with Crippen LogP contribution in [-0.4, -0.2) is 24.4 Å². The lowest BCUT2D eigenvalue weighted by molar-refractivity contribution is -0.125. The van der Waals surface area contributed by atoms with Crippen molar-refractivity contribution in [1.29, 1.82) is 0 Å². The van der Waals surface area contributed by atoms with Gasteiger partial charge in [0.15, 0.2) is 0 Å². The zero-order valence-electron chi connectivity index (χ0n) is 10.0. The number of nitrogens with one attached hydrogen (secondary N) is 1. The molecule has 0 bridgehead atoms. The maximum Gasteiger partial charge on any atom is 0.249 e. The van der Waals surface area contributed by atoms with Gasteiger partial charge in [-0.25, -0.2) is 0 Å². The minimum atomic E-state index is -0.597. The van der Waals surface area contributed by atoms with Gasteiger partial charge in [-0.15, -0.1) is 0 Å². The summed E-state index contributed by atoms with van der Waals surface area (Å²) < 4.78 is 0. The van der Waals surface area contributed by atoms with E-state index in [9.17, 15) is 9.59 Å². The second kappa shape index (κ2) is 5.57. The Morgan fingerprint density at radius 2 is 1.79 bits per heavy atom. The highest BCUT2D eigenvalue weighted by molar-refractivity contribution is 6.44. The van der Waals surface area contributed by atoms with Crippen molar-refractivity contribution in [3.63, 3.8) is 0 Å². The van der Waals surface area contributed by atoms with E-state index in [-0.39, 0.29) is 24.8 Å². The van der Waals surface area contributed by atoms with Gasteiger partial charge in [-0.05, 0) is 19.1 Å². The second-order valence-corrected chi connectivity index (χ2v) is 5.47. The molecule has 0 saturated carbocycles. The fourth-order valence-corrected chi connectivity index (χ4v) is 2.53. The topological polar surface area (TPSA) is 49.4 Å². The molecule has 1 atom stereocenters. The van der Waals surface area contributed by atoms with Gasteiger partial charge in [0.05, 0.1) is 20.8 Å². The molecule has 4 nitrogen and oxygen atoms in total. The SMILES string of the molecule is CC1NC(=O)CCN(c2cc(Cl)c(Cl)cc2Cl)C1=O. The Kier molecular flexibility index (Phi) is 4.23. The van der Waals surface area contributed by atoms with E-state index < -0.39 is 6.04 Å². The molecule has 7 heteroatoms. The number of hydrogen-bond acceptors (Lipinski definition) is 2. The van der Waals surface area contributed by atoms with Gasteiger partial charge >= 0.3 is 0 Å². The highest BCUT2D eigenvalue weighted by atomic mass is 35.5. The Hall–Kier alpha value is -0.970. The zero-order valence-corrected chi connectivity index (χ0v) is 12.3. The minimum Gasteiger partial charge on any atom is -0.345 e. The lowest BCUT2D eigenvalue weighted by Gasteiger charge is -2.23. The Morgan fingerprint density at radius 1 is 1.16 bits per heavy atom. The number of amides is 2. The summed E-state index contributed by atoms with van der Waals surface area (Å²) in [4.78, 5) is 25.1. The molecule has 19 heavy (non-hydrogen) atoms. The van der Waals surface area contributed by atoms with Gasteiger partial charge in [0, 0.05) is 13.0 Å². The predicted octanol–water partition coefficient (Wildman–Crippen LogP) is 2.89. The Morgan fingerprint density at radius 3 is 2.47 bits per heavy atom. The average Bonchev–Trinajstić information content (AvgIpc) is 2.45. The van der Waals surface area contributed by atoms with Gasteiger partial charge in [-0.1, -0.05) is 34.8 Å². The monoisotopic (exact) mass is 320 g/mol. The molecule has 0 spiro atoms. The molecule has 1 unspecified atom stereocenters. The van der Waals surface area contributed by atoms with Gasteiger partial charge < -0.3 is 10.2 Å². The Bertz CT molecular complexity index is 548. The average molecular weight is 322 g/mol. The van der Waals surface area contributed by atoms with Gasteiger partial charge in [0.2, 0.25) is 11.8 Å². The molecule has 0 radical (unpaired) electrons. The van der Waals surface area contributed by atoms with Crippen molar-refractivity contribution < 1.29 is 9.59 Å². The number of benzene rings is 1. The Labute approximate surface area is 125 Å². The molecule has 1 aromatic carbocycles. The van der Waals surface area contributed by atoms with E-state index in [1.807, 2.05) is 0 Å². The van der Waals surface area contributed by atoms with Gasteiger partial charge in [0.25, 0.3) is 0 Å². The number of carbonyl (C=O) groups excluding carboxylic acids is 2. The van der Waals surface area contributed by atoms with Crippen LogP contribution in [0.25, 0.3) is 0 Å². The molecule has 2 amide bonds. The van der Waals surface area contributed by atoms with Crippen LogP contribution in [0.3, 0.4) is 0 Å². The van der Waals surface area contributed by atoms with Crippen LogP contribution in [-0.2, 0) is 9.59 Å². The van der Waals surface area contributed by atoms with E-state index in [0.717, 1.165) is 0 Å². The number of anilines is 1. The summed E-state index contributed by atoms with van der Waals surface area (Å²) in [6.07, 6.45) is 0.215. The van der Waals surface area contributed by atoms with Crippen LogP contribution in [0, 0.1) is 0 Å². The smallest absolute Gasteiger partial charge is 0.249 e. The molecule has 1 saturated heterocycles. The first-order valence-corrected chi connectivity index (χ1v) is 6.79. The lowest BCUT2D eigenvalue weighted by atomic mass is 10.2. The van der Waals surface area contributed by atoms with Crippen LogP contribution in [0.5, 0.6) is 0 Å². The first-order chi connectivity index (χ1) is 8.90. The fraction of sp³-hybridized carbons (Fsp3) is 0.333. The molecule has 1 aliphatic heterocycles. The molecule has 102 valence electrons. The third-order valence-corrected chi connectivity index (χ3v) is 3.88. The summed E-state index contributed by atoms with van der Waals surface area (Å²) in [5.74, 6) is -0.398. The molecule has 0 aliphatic carbocycles. The van der Waals surface area contributed by atoms with E-state index in [1.165, 1.54) is 17.0 Å². The van der Waals surface area contributed by atoms with Crippen molar-refractivity contribution in [3.05, 3.63) is 27.2 Å². The van der Waals surface area contributed by atoms with Crippen LogP contribution in [0.2, 0.25) is 15.1 Å². The highest BCUT2D eigenvalue weighted by Gasteiger charge is 2.29. The summed E-state index contributed by atoms with van der Waals surface area (Å²) in [7, 11) is 0. The summed E-state index contributed by atoms with van der Waals surface area (Å²) in [6, 6.07) is 2.42. The van der Waals surface area contributed by atoms with E-state index in [1.54, 1.807) is 6.92 Å². The van der Waals surface area contributed by atoms with Crippen LogP contribution in [0.4, 0.5) is 5.69 Å². The van der Waals surface area contributed by atoms with Crippen molar-refractivity contribution in [2.75, 3.05) is 11.4 Å². The number of carbonyl (C=O) groups is 2. The number of hydrogen-bond donors (Lipinski definition) is 1. The second-order valence-electron chi connectivity index (χ2n) is 4.25. The lowest BCUT2D eigenvalue weighted by Crippen LogP contribution is -2.42. The Balaban J connectivity index is 2.42. The van der Waals surface area contributed by atoms with E-state index in [2.05, 4.69) is 5.32 Å². The number of nitrogens with zero attached hydrogens (tertiary/aromatic N) is 1. The van der Waals surface area contributed by atoms with Crippen molar-refractivity contribution >= 4 is 52.3 Å². The van der Waals surface area contributed by atoms with Crippen LogP contribution >= 0.6 is 34.8 Å². The normalized spacial score (nSPS) is 20.2. The molecule has 0 aromatic heterocycles. The minimum absolute atomic E-state index is 0.167. The van der Waals surface area contributed by atoms with E-state index in [4.69, 9.17) is 34.8 Å². The van der Waals surface area contributed by atoms with Crippen LogP contribution in [0.15, 0.2) is 12.1 Å². The molecule has 1 aromatic rings. The van der Waals surface area contributed by atoms with Gasteiger partial charge in [-0.2, -0.15) is 0 Å². The van der Waals surface area contributed by atoms with Gasteiger partial charge in [0.1, 0.15) is 6.04 Å². The molecular formula is C12H11Cl3N2O2. The first-order valence-electron chi connectivity index (χ1n) is 5.65. The maximum atomic E-state index is 12.2. The molecule has 1 aliphatic rings. The fourth-order valence-electron chi connectivity index (χ4n) is 1.89. The van der Waals surface area contributed by atoms with Crippen LogP contribution < -0.4 is 10.2 Å². The quantitative estimate of drug-likeness (QED) is 0.809. The predicted molar refractivity (Wildman–Crippen MR) is 76.0 cm³/mol. The summed E-state index contributed by atoms with van der Waals surface area (Å²) >= 11 is 17.9. The standard InChI is InChI=1S/C12H11Cl3N2O2/c1-6-12(19)17(3-2-11(18)16-6)10-5-8(14)7(13)4-9(10)15/h4-6H,2-3H2,1H3,(H,16,18). The van der Waals surface area contributed by atoms with E-state index >= 15 is 0 Å². The van der Waals surface area contributed by atoms with Crippen molar-refractivity contribution in [2.45, 2.75) is 19.4 Å². The molecule has 1 fully saturated rings. The van der Waals surface area contributed by atoms with Crippen molar-refractivity contribution in [1.82, 2.24) is 5.32 Å².